The van der Waals surface area contributed by atoms with Gasteiger partial charge in [0.25, 0.3) is 0 Å². The molecule has 0 heterocycles. The maximum atomic E-state index is 10.9. The van der Waals surface area contributed by atoms with E-state index in [2.05, 4.69) is 12.1 Å². The number of hydroxylamine groups is 2. The van der Waals surface area contributed by atoms with Crippen LogP contribution in [0.5, 0.6) is 0 Å². The average molecular weight is 234 g/mol. The molecular formula is C13H18N2O2. The number of amides is 2. The van der Waals surface area contributed by atoms with Gasteiger partial charge in [0.2, 0.25) is 0 Å². The van der Waals surface area contributed by atoms with Gasteiger partial charge < -0.3 is 5.73 Å². The highest BCUT2D eigenvalue weighted by Crippen LogP contribution is 2.34. The van der Waals surface area contributed by atoms with E-state index in [-0.39, 0.29) is 6.04 Å². The second-order valence-electron chi connectivity index (χ2n) is 4.61. The van der Waals surface area contributed by atoms with Crippen LogP contribution in [0.4, 0.5) is 4.79 Å². The molecule has 0 radical (unpaired) electrons. The first-order valence-corrected chi connectivity index (χ1v) is 6.01. The quantitative estimate of drug-likeness (QED) is 0.609. The third kappa shape index (κ3) is 2.77. The standard InChI is InChI=1S/C13H18N2O2/c14-13(16)15(17)12-8-4-7-11(9-12)10-5-2-1-3-6-10/h1-3,5-6,11-12,17H,4,7-9H2,(H2,14,16)/t11-,12+/m0/s1. The Morgan fingerprint density at radius 2 is 2.00 bits per heavy atom. The zero-order valence-corrected chi connectivity index (χ0v) is 9.75. The molecule has 1 aliphatic carbocycles. The van der Waals surface area contributed by atoms with Crippen molar-refractivity contribution in [2.45, 2.75) is 37.6 Å². The van der Waals surface area contributed by atoms with Gasteiger partial charge >= 0.3 is 6.03 Å². The van der Waals surface area contributed by atoms with E-state index >= 15 is 0 Å². The summed E-state index contributed by atoms with van der Waals surface area (Å²) in [5, 5.41) is 10.3. The van der Waals surface area contributed by atoms with Crippen LogP contribution in [0.2, 0.25) is 0 Å². The van der Waals surface area contributed by atoms with Gasteiger partial charge in [0.05, 0.1) is 6.04 Å². The van der Waals surface area contributed by atoms with Crippen molar-refractivity contribution in [1.29, 1.82) is 0 Å². The third-order valence-corrected chi connectivity index (χ3v) is 3.49. The maximum Gasteiger partial charge on any atom is 0.338 e. The number of rotatable bonds is 2. The highest BCUT2D eigenvalue weighted by Gasteiger charge is 2.28. The predicted molar refractivity (Wildman–Crippen MR) is 64.6 cm³/mol. The van der Waals surface area contributed by atoms with Crippen LogP contribution in [0.25, 0.3) is 0 Å². The lowest BCUT2D eigenvalue weighted by Gasteiger charge is -2.33. The Hall–Kier alpha value is -1.55. The summed E-state index contributed by atoms with van der Waals surface area (Å²) in [4.78, 5) is 10.9. The SMILES string of the molecule is NC(=O)N(O)[C@@H]1CCC[C@H](c2ccccc2)C1. The fourth-order valence-corrected chi connectivity index (χ4v) is 2.59. The molecule has 1 aliphatic rings. The molecule has 0 bridgehead atoms. The molecule has 0 spiro atoms. The predicted octanol–water partition coefficient (Wildman–Crippen LogP) is 2.48. The summed E-state index contributed by atoms with van der Waals surface area (Å²) >= 11 is 0. The average Bonchev–Trinajstić information content (AvgIpc) is 2.39. The van der Waals surface area contributed by atoms with Gasteiger partial charge in [0, 0.05) is 0 Å². The van der Waals surface area contributed by atoms with Gasteiger partial charge in [-0.1, -0.05) is 36.8 Å². The van der Waals surface area contributed by atoms with Crippen molar-refractivity contribution in [3.63, 3.8) is 0 Å². The first-order chi connectivity index (χ1) is 8.18. The van der Waals surface area contributed by atoms with E-state index in [1.165, 1.54) is 5.56 Å². The van der Waals surface area contributed by atoms with Crippen molar-refractivity contribution < 1.29 is 10.0 Å². The molecular weight excluding hydrogens is 216 g/mol. The molecule has 1 aromatic carbocycles. The number of urea groups is 1. The van der Waals surface area contributed by atoms with Crippen LogP contribution >= 0.6 is 0 Å². The number of hydrogen-bond donors (Lipinski definition) is 2. The van der Waals surface area contributed by atoms with E-state index in [0.717, 1.165) is 25.7 Å². The molecule has 0 aliphatic heterocycles. The van der Waals surface area contributed by atoms with Crippen LogP contribution in [0.15, 0.2) is 30.3 Å². The zero-order valence-electron chi connectivity index (χ0n) is 9.75. The lowest BCUT2D eigenvalue weighted by molar-refractivity contribution is -0.0858. The second-order valence-corrected chi connectivity index (χ2v) is 4.61. The van der Waals surface area contributed by atoms with Crippen molar-refractivity contribution >= 4 is 6.03 Å². The largest absolute Gasteiger partial charge is 0.350 e. The van der Waals surface area contributed by atoms with Gasteiger partial charge in [-0.05, 0) is 30.7 Å². The summed E-state index contributed by atoms with van der Waals surface area (Å²) < 4.78 is 0. The summed E-state index contributed by atoms with van der Waals surface area (Å²) in [6.07, 6.45) is 3.72. The molecule has 4 heteroatoms. The number of carbonyl (C=O) groups excluding carboxylic acids is 1. The van der Waals surface area contributed by atoms with Crippen molar-refractivity contribution in [2.75, 3.05) is 0 Å². The Morgan fingerprint density at radius 3 is 2.65 bits per heavy atom. The normalized spacial score (nSPS) is 24.3. The van der Waals surface area contributed by atoms with Gasteiger partial charge in [-0.25, -0.2) is 9.86 Å². The fraction of sp³-hybridized carbons (Fsp3) is 0.462. The highest BCUT2D eigenvalue weighted by molar-refractivity contribution is 5.70. The Bertz CT molecular complexity index is 380. The molecule has 2 atom stereocenters. The summed E-state index contributed by atoms with van der Waals surface area (Å²) in [5.41, 5.74) is 6.36. The smallest absolute Gasteiger partial charge is 0.338 e. The molecule has 2 rings (SSSR count). The first-order valence-electron chi connectivity index (χ1n) is 6.01. The molecule has 1 aromatic rings. The van der Waals surface area contributed by atoms with Gasteiger partial charge in [-0.2, -0.15) is 0 Å². The molecule has 0 saturated heterocycles. The van der Waals surface area contributed by atoms with E-state index in [1.807, 2.05) is 18.2 Å². The van der Waals surface area contributed by atoms with Crippen LogP contribution in [-0.2, 0) is 0 Å². The fourth-order valence-electron chi connectivity index (χ4n) is 2.59. The molecule has 92 valence electrons. The van der Waals surface area contributed by atoms with Gasteiger partial charge in [0.1, 0.15) is 0 Å². The molecule has 3 N–H and O–H groups in total. The molecule has 1 saturated carbocycles. The molecule has 0 aromatic heterocycles. The summed E-state index contributed by atoms with van der Waals surface area (Å²) in [7, 11) is 0. The van der Waals surface area contributed by atoms with Crippen LogP contribution in [0.1, 0.15) is 37.2 Å². The number of nitrogens with zero attached hydrogens (tertiary/aromatic N) is 1. The monoisotopic (exact) mass is 234 g/mol. The van der Waals surface area contributed by atoms with E-state index in [0.29, 0.717) is 11.0 Å². The van der Waals surface area contributed by atoms with Crippen molar-refractivity contribution in [3.05, 3.63) is 35.9 Å². The summed E-state index contributed by atoms with van der Waals surface area (Å²) in [6.45, 7) is 0. The molecule has 0 unspecified atom stereocenters. The minimum absolute atomic E-state index is 0.147. The number of carbonyl (C=O) groups is 1. The maximum absolute atomic E-state index is 10.9. The number of hydrogen-bond acceptors (Lipinski definition) is 2. The van der Waals surface area contributed by atoms with Crippen LogP contribution in [-0.4, -0.2) is 22.3 Å². The third-order valence-electron chi connectivity index (χ3n) is 3.49. The zero-order chi connectivity index (χ0) is 12.3. The lowest BCUT2D eigenvalue weighted by Crippen LogP contribution is -2.43. The van der Waals surface area contributed by atoms with Gasteiger partial charge in [0.15, 0.2) is 0 Å². The topological polar surface area (TPSA) is 66.6 Å². The second kappa shape index (κ2) is 5.19. The summed E-state index contributed by atoms with van der Waals surface area (Å²) in [6, 6.07) is 9.31. The Kier molecular flexibility index (Phi) is 3.64. The molecule has 2 amide bonds. The Morgan fingerprint density at radius 1 is 1.29 bits per heavy atom. The van der Waals surface area contributed by atoms with E-state index in [1.54, 1.807) is 0 Å². The van der Waals surface area contributed by atoms with E-state index < -0.39 is 6.03 Å². The van der Waals surface area contributed by atoms with Crippen molar-refractivity contribution in [3.8, 4) is 0 Å². The highest BCUT2D eigenvalue weighted by atomic mass is 16.5. The van der Waals surface area contributed by atoms with Gasteiger partial charge in [-0.3, -0.25) is 5.21 Å². The minimum atomic E-state index is -0.760. The first kappa shape index (κ1) is 11.9. The number of benzene rings is 1. The Balaban J connectivity index is 2.05. The van der Waals surface area contributed by atoms with Gasteiger partial charge in [-0.15, -0.1) is 0 Å². The van der Waals surface area contributed by atoms with Crippen LogP contribution in [0.3, 0.4) is 0 Å². The number of nitrogens with two attached hydrogens (primary N) is 1. The minimum Gasteiger partial charge on any atom is -0.350 e. The lowest BCUT2D eigenvalue weighted by atomic mass is 9.81. The van der Waals surface area contributed by atoms with E-state index in [9.17, 15) is 10.0 Å². The Labute approximate surface area is 101 Å². The molecule has 1 fully saturated rings. The number of primary amides is 1. The van der Waals surface area contributed by atoms with Crippen LogP contribution < -0.4 is 5.73 Å². The van der Waals surface area contributed by atoms with Crippen molar-refractivity contribution in [1.82, 2.24) is 5.06 Å². The molecule has 4 nitrogen and oxygen atoms in total. The summed E-state index contributed by atoms with van der Waals surface area (Å²) in [5.74, 6) is 0.406. The molecule has 17 heavy (non-hydrogen) atoms. The van der Waals surface area contributed by atoms with E-state index in [4.69, 9.17) is 5.73 Å². The van der Waals surface area contributed by atoms with Crippen LogP contribution in [0, 0.1) is 0 Å². The van der Waals surface area contributed by atoms with Crippen molar-refractivity contribution in [2.24, 2.45) is 5.73 Å².